The second kappa shape index (κ2) is 6.13. The molecule has 1 atom stereocenters. The van der Waals surface area contributed by atoms with Gasteiger partial charge in [0.1, 0.15) is 11.5 Å². The fraction of sp³-hybridized carbons (Fsp3) is 0.385. The number of nitrogens with zero attached hydrogens (tertiary/aromatic N) is 1. The summed E-state index contributed by atoms with van der Waals surface area (Å²) >= 11 is 4.35. The Morgan fingerprint density at radius 2 is 2.30 bits per heavy atom. The van der Waals surface area contributed by atoms with Crippen LogP contribution < -0.4 is 10.6 Å². The van der Waals surface area contributed by atoms with E-state index in [1.165, 1.54) is 29.7 Å². The van der Waals surface area contributed by atoms with Gasteiger partial charge in [0, 0.05) is 30.1 Å². The van der Waals surface area contributed by atoms with E-state index in [9.17, 15) is 14.0 Å². The van der Waals surface area contributed by atoms with Gasteiger partial charge in [-0.1, -0.05) is 27.7 Å². The summed E-state index contributed by atoms with van der Waals surface area (Å²) in [6.45, 7) is 1.88. The van der Waals surface area contributed by atoms with Crippen molar-refractivity contribution in [2.45, 2.75) is 13.3 Å². The molecule has 1 aromatic carbocycles. The number of amides is 1. The normalized spacial score (nSPS) is 18.6. The van der Waals surface area contributed by atoms with Gasteiger partial charge in [0.2, 0.25) is 5.91 Å². The molecule has 20 heavy (non-hydrogen) atoms. The summed E-state index contributed by atoms with van der Waals surface area (Å²) in [6.07, 6.45) is 0.315. The molecule has 4 nitrogen and oxygen atoms in total. The van der Waals surface area contributed by atoms with Crippen molar-refractivity contribution < 1.29 is 14.0 Å². The number of anilines is 2. The van der Waals surface area contributed by atoms with Gasteiger partial charge in [-0.3, -0.25) is 9.59 Å². The maximum atomic E-state index is 14.0. The first-order valence-corrected chi connectivity index (χ1v) is 7.84. The lowest BCUT2D eigenvalue weighted by Crippen LogP contribution is -2.26. The van der Waals surface area contributed by atoms with Gasteiger partial charge < -0.3 is 10.6 Å². The zero-order valence-electron chi connectivity index (χ0n) is 10.9. The van der Waals surface area contributed by atoms with Gasteiger partial charge in [-0.15, -0.1) is 0 Å². The zero-order chi connectivity index (χ0) is 14.9. The number of nitrogen functional groups attached to an aromatic ring is 1. The molecule has 1 heterocycles. The van der Waals surface area contributed by atoms with E-state index in [1.807, 2.05) is 0 Å². The van der Waals surface area contributed by atoms with Crippen LogP contribution in [0.5, 0.6) is 0 Å². The highest BCUT2D eigenvalue weighted by Gasteiger charge is 2.33. The van der Waals surface area contributed by atoms with Crippen molar-refractivity contribution >= 4 is 50.1 Å². The molecule has 1 aromatic rings. The highest BCUT2D eigenvalue weighted by atomic mass is 79.9. The van der Waals surface area contributed by atoms with Crippen molar-refractivity contribution in [1.29, 1.82) is 0 Å². The smallest absolute Gasteiger partial charge is 0.227 e. The number of nitrogens with two attached hydrogens (primary N) is 1. The predicted octanol–water partition coefficient (Wildman–Crippen LogP) is 2.80. The van der Waals surface area contributed by atoms with Crippen LogP contribution in [0.15, 0.2) is 16.6 Å². The fourth-order valence-electron chi connectivity index (χ4n) is 2.22. The standard InChI is InChI=1S/C13H14BrFN2O2S/c1-7(18)20-6-8-2-12(19)17(5-8)13-10(15)3-9(14)4-11(13)16/h3-4,8H,2,5-6,16H2,1H3. The Balaban J connectivity index is 2.18. The third kappa shape index (κ3) is 3.32. The van der Waals surface area contributed by atoms with Crippen molar-refractivity contribution in [3.63, 3.8) is 0 Å². The molecule has 0 saturated carbocycles. The first-order chi connectivity index (χ1) is 9.38. The number of benzene rings is 1. The van der Waals surface area contributed by atoms with E-state index in [1.54, 1.807) is 6.07 Å². The number of carbonyl (C=O) groups excluding carboxylic acids is 2. The lowest BCUT2D eigenvalue weighted by molar-refractivity contribution is -0.117. The van der Waals surface area contributed by atoms with Crippen LogP contribution in [0.4, 0.5) is 15.8 Å². The third-order valence-electron chi connectivity index (χ3n) is 3.05. The first-order valence-electron chi connectivity index (χ1n) is 6.06. The van der Waals surface area contributed by atoms with Crippen molar-refractivity contribution in [3.05, 3.63) is 22.4 Å². The molecule has 1 aliphatic rings. The van der Waals surface area contributed by atoms with Gasteiger partial charge in [0.05, 0.1) is 5.69 Å². The molecule has 1 unspecified atom stereocenters. The van der Waals surface area contributed by atoms with Crippen LogP contribution in [0.2, 0.25) is 0 Å². The SMILES string of the molecule is CC(=O)SCC1CC(=O)N(c2c(N)cc(Br)cc2F)C1. The van der Waals surface area contributed by atoms with Crippen molar-refractivity contribution in [3.8, 4) is 0 Å². The minimum absolute atomic E-state index is 0.0187. The van der Waals surface area contributed by atoms with Gasteiger partial charge in [0.15, 0.2) is 5.12 Å². The maximum absolute atomic E-state index is 14.0. The third-order valence-corrected chi connectivity index (χ3v) is 4.56. The molecule has 0 aliphatic carbocycles. The molecule has 0 radical (unpaired) electrons. The van der Waals surface area contributed by atoms with Crippen LogP contribution in [0.25, 0.3) is 0 Å². The van der Waals surface area contributed by atoms with E-state index >= 15 is 0 Å². The Hall–Kier alpha value is -1.08. The number of hydrogen-bond acceptors (Lipinski definition) is 4. The fourth-order valence-corrected chi connectivity index (χ4v) is 3.36. The molecule has 2 N–H and O–H groups in total. The molecular formula is C13H14BrFN2O2S. The van der Waals surface area contributed by atoms with Crippen LogP contribution in [0.1, 0.15) is 13.3 Å². The molecule has 1 fully saturated rings. The quantitative estimate of drug-likeness (QED) is 0.841. The summed E-state index contributed by atoms with van der Waals surface area (Å²) in [7, 11) is 0. The van der Waals surface area contributed by atoms with E-state index in [-0.39, 0.29) is 28.3 Å². The molecule has 2 rings (SSSR count). The number of carbonyl (C=O) groups is 2. The minimum atomic E-state index is -0.523. The molecule has 0 bridgehead atoms. The number of hydrogen-bond donors (Lipinski definition) is 1. The Labute approximate surface area is 129 Å². The second-order valence-electron chi connectivity index (χ2n) is 4.70. The lowest BCUT2D eigenvalue weighted by Gasteiger charge is -2.19. The summed E-state index contributed by atoms with van der Waals surface area (Å²) in [4.78, 5) is 24.4. The average molecular weight is 361 g/mol. The van der Waals surface area contributed by atoms with Crippen molar-refractivity contribution in [1.82, 2.24) is 0 Å². The Bertz CT molecular complexity index is 544. The molecule has 1 aliphatic heterocycles. The summed E-state index contributed by atoms with van der Waals surface area (Å²) < 4.78 is 14.5. The number of rotatable bonds is 3. The van der Waals surface area contributed by atoms with Crippen LogP contribution in [0, 0.1) is 11.7 Å². The van der Waals surface area contributed by atoms with Crippen molar-refractivity contribution in [2.24, 2.45) is 5.92 Å². The summed E-state index contributed by atoms with van der Waals surface area (Å²) in [5.41, 5.74) is 6.17. The predicted molar refractivity (Wildman–Crippen MR) is 82.1 cm³/mol. The van der Waals surface area contributed by atoms with Crippen LogP contribution in [0.3, 0.4) is 0 Å². The Kier molecular flexibility index (Phi) is 4.70. The molecule has 7 heteroatoms. The van der Waals surface area contributed by atoms with Gasteiger partial charge in [-0.2, -0.15) is 0 Å². The van der Waals surface area contributed by atoms with Gasteiger partial charge in [-0.05, 0) is 18.1 Å². The minimum Gasteiger partial charge on any atom is -0.397 e. The van der Waals surface area contributed by atoms with E-state index in [0.29, 0.717) is 23.2 Å². The van der Waals surface area contributed by atoms with Gasteiger partial charge in [0.25, 0.3) is 0 Å². The molecule has 108 valence electrons. The second-order valence-corrected chi connectivity index (χ2v) is 6.82. The van der Waals surface area contributed by atoms with E-state index in [4.69, 9.17) is 5.73 Å². The van der Waals surface area contributed by atoms with E-state index in [2.05, 4.69) is 15.9 Å². The van der Waals surface area contributed by atoms with Gasteiger partial charge in [-0.25, -0.2) is 4.39 Å². The summed E-state index contributed by atoms with van der Waals surface area (Å²) in [5, 5.41) is 0.0187. The topological polar surface area (TPSA) is 63.4 Å². The van der Waals surface area contributed by atoms with Gasteiger partial charge >= 0.3 is 0 Å². The Morgan fingerprint density at radius 1 is 1.60 bits per heavy atom. The molecule has 0 aromatic heterocycles. The molecule has 1 amide bonds. The highest BCUT2D eigenvalue weighted by Crippen LogP contribution is 2.35. The van der Waals surface area contributed by atoms with E-state index < -0.39 is 5.82 Å². The first kappa shape index (κ1) is 15.3. The molecule has 1 saturated heterocycles. The summed E-state index contributed by atoms with van der Waals surface area (Å²) in [6, 6.07) is 2.86. The van der Waals surface area contributed by atoms with Crippen molar-refractivity contribution in [2.75, 3.05) is 22.9 Å². The molecular weight excluding hydrogens is 347 g/mol. The number of thioether (sulfide) groups is 1. The van der Waals surface area contributed by atoms with Crippen LogP contribution in [-0.4, -0.2) is 23.3 Å². The monoisotopic (exact) mass is 360 g/mol. The lowest BCUT2D eigenvalue weighted by atomic mass is 10.1. The maximum Gasteiger partial charge on any atom is 0.227 e. The van der Waals surface area contributed by atoms with Crippen LogP contribution in [-0.2, 0) is 9.59 Å². The average Bonchev–Trinajstić information content (AvgIpc) is 2.67. The van der Waals surface area contributed by atoms with E-state index in [0.717, 1.165) is 0 Å². The number of halogens is 2. The zero-order valence-corrected chi connectivity index (χ0v) is 13.3. The highest BCUT2D eigenvalue weighted by molar-refractivity contribution is 9.10. The molecule has 0 spiro atoms. The van der Waals surface area contributed by atoms with Crippen LogP contribution >= 0.6 is 27.7 Å². The summed E-state index contributed by atoms with van der Waals surface area (Å²) in [5.74, 6) is -0.0775. The Morgan fingerprint density at radius 3 is 2.90 bits per heavy atom. The largest absolute Gasteiger partial charge is 0.397 e.